The molecule has 2 fully saturated rings. The van der Waals surface area contributed by atoms with E-state index in [1.807, 2.05) is 12.1 Å². The van der Waals surface area contributed by atoms with Crippen LogP contribution in [0.5, 0.6) is 5.75 Å². The number of aliphatic hydroxyl groups is 1. The van der Waals surface area contributed by atoms with E-state index >= 15 is 0 Å². The Hall–Kier alpha value is -1.83. The lowest BCUT2D eigenvalue weighted by molar-refractivity contribution is 0.131. The van der Waals surface area contributed by atoms with Crippen molar-refractivity contribution in [3.05, 3.63) is 29.8 Å². The molecule has 0 spiro atoms. The van der Waals surface area contributed by atoms with Gasteiger partial charge in [0.25, 0.3) is 0 Å². The molecule has 0 amide bonds. The minimum absolute atomic E-state index is 0.0100. The predicted octanol–water partition coefficient (Wildman–Crippen LogP) is 2.25. The van der Waals surface area contributed by atoms with Crippen LogP contribution in [0, 0.1) is 11.3 Å². The molecule has 1 unspecified atom stereocenters. The highest BCUT2D eigenvalue weighted by Crippen LogP contribution is 2.32. The van der Waals surface area contributed by atoms with Gasteiger partial charge in [-0.25, -0.2) is 0 Å². The van der Waals surface area contributed by atoms with E-state index in [4.69, 9.17) is 14.5 Å². The van der Waals surface area contributed by atoms with Crippen molar-refractivity contribution in [1.29, 1.82) is 0 Å². The number of hydrogen-bond donors (Lipinski definition) is 3. The molecular formula is C24H40N4O3. The molecule has 1 atom stereocenters. The summed E-state index contributed by atoms with van der Waals surface area (Å²) in [5.41, 5.74) is 1.33. The summed E-state index contributed by atoms with van der Waals surface area (Å²) < 4.78 is 10.8. The van der Waals surface area contributed by atoms with E-state index in [1.54, 1.807) is 7.11 Å². The van der Waals surface area contributed by atoms with Crippen LogP contribution in [0.15, 0.2) is 29.3 Å². The van der Waals surface area contributed by atoms with Crippen LogP contribution in [0.4, 0.5) is 0 Å². The normalized spacial score (nSPS) is 23.1. The molecule has 1 aromatic carbocycles. The Morgan fingerprint density at radius 3 is 2.65 bits per heavy atom. The smallest absolute Gasteiger partial charge is 0.191 e. The number of aliphatic imine (C=N–C) groups is 1. The van der Waals surface area contributed by atoms with E-state index in [2.05, 4.69) is 34.6 Å². The third kappa shape index (κ3) is 7.37. The number of rotatable bonds is 10. The van der Waals surface area contributed by atoms with Gasteiger partial charge in [0.2, 0.25) is 0 Å². The molecule has 1 aromatic rings. The molecule has 7 heteroatoms. The summed E-state index contributed by atoms with van der Waals surface area (Å²) in [6.45, 7) is 9.51. The maximum Gasteiger partial charge on any atom is 0.191 e. The van der Waals surface area contributed by atoms with Crippen LogP contribution in [-0.4, -0.2) is 75.6 Å². The predicted molar refractivity (Wildman–Crippen MR) is 125 cm³/mol. The molecule has 174 valence electrons. The zero-order valence-electron chi connectivity index (χ0n) is 19.2. The fourth-order valence-corrected chi connectivity index (χ4v) is 4.45. The van der Waals surface area contributed by atoms with Gasteiger partial charge in [-0.1, -0.05) is 12.1 Å². The third-order valence-corrected chi connectivity index (χ3v) is 6.57. The van der Waals surface area contributed by atoms with Crippen LogP contribution in [0.3, 0.4) is 0 Å². The Morgan fingerprint density at radius 1 is 1.26 bits per heavy atom. The number of aliphatic hydroxyl groups excluding tert-OH is 1. The summed E-state index contributed by atoms with van der Waals surface area (Å²) in [4.78, 5) is 7.38. The van der Waals surface area contributed by atoms with Gasteiger partial charge in [0.05, 0.1) is 20.3 Å². The molecule has 0 aromatic heterocycles. The quantitative estimate of drug-likeness (QED) is 0.389. The van der Waals surface area contributed by atoms with E-state index in [1.165, 1.54) is 18.4 Å². The minimum atomic E-state index is -0.0100. The second-order valence-electron chi connectivity index (χ2n) is 8.92. The van der Waals surface area contributed by atoms with Crippen LogP contribution < -0.4 is 15.4 Å². The molecule has 0 saturated carbocycles. The lowest BCUT2D eigenvalue weighted by Gasteiger charge is -2.32. The highest BCUT2D eigenvalue weighted by Gasteiger charge is 2.34. The number of nitrogens with zero attached hydrogens (tertiary/aromatic N) is 2. The monoisotopic (exact) mass is 432 g/mol. The molecule has 2 aliphatic heterocycles. The number of guanidine groups is 1. The zero-order chi connectivity index (χ0) is 21.9. The summed E-state index contributed by atoms with van der Waals surface area (Å²) in [5.74, 6) is 2.46. The van der Waals surface area contributed by atoms with Crippen molar-refractivity contribution in [3.63, 3.8) is 0 Å². The van der Waals surface area contributed by atoms with E-state index in [9.17, 15) is 5.11 Å². The number of likely N-dealkylation sites (tertiary alicyclic amines) is 1. The second kappa shape index (κ2) is 12.3. The standard InChI is InChI=1S/C24H40N4O3/c1-3-25-23(27-18-24(10-14-29)11-15-31-19-24)26-16-20-8-12-28(13-9-20)17-21-4-6-22(30-2)7-5-21/h4-7,20,29H,3,8-19H2,1-2H3,(H2,25,26,27). The molecule has 31 heavy (non-hydrogen) atoms. The van der Waals surface area contributed by atoms with Crippen LogP contribution in [0.25, 0.3) is 0 Å². The largest absolute Gasteiger partial charge is 0.497 e. The fourth-order valence-electron chi connectivity index (χ4n) is 4.45. The Balaban J connectivity index is 1.42. The summed E-state index contributed by atoms with van der Waals surface area (Å²) in [5, 5.41) is 16.4. The molecule has 2 heterocycles. The third-order valence-electron chi connectivity index (χ3n) is 6.57. The van der Waals surface area contributed by atoms with Gasteiger partial charge >= 0.3 is 0 Å². The first-order valence-electron chi connectivity index (χ1n) is 11.7. The molecule has 3 N–H and O–H groups in total. The number of benzene rings is 1. The number of nitrogens with one attached hydrogen (secondary N) is 2. The lowest BCUT2D eigenvalue weighted by atomic mass is 9.84. The van der Waals surface area contributed by atoms with E-state index in [0.717, 1.165) is 63.9 Å². The van der Waals surface area contributed by atoms with Gasteiger partial charge in [-0.05, 0) is 69.3 Å². The summed E-state index contributed by atoms with van der Waals surface area (Å²) in [6.07, 6.45) is 4.13. The first-order valence-corrected chi connectivity index (χ1v) is 11.7. The maximum atomic E-state index is 9.43. The highest BCUT2D eigenvalue weighted by molar-refractivity contribution is 5.79. The first kappa shape index (κ1) is 23.8. The number of methoxy groups -OCH3 is 1. The Labute approximate surface area is 187 Å². The maximum absolute atomic E-state index is 9.43. The minimum Gasteiger partial charge on any atom is -0.497 e. The second-order valence-corrected chi connectivity index (χ2v) is 8.92. The van der Waals surface area contributed by atoms with Gasteiger partial charge in [0.1, 0.15) is 5.75 Å². The first-order chi connectivity index (χ1) is 15.2. The SMILES string of the molecule is CCNC(=NCC1(CCO)CCOC1)NCC1CCN(Cc2ccc(OC)cc2)CC1. The van der Waals surface area contributed by atoms with Crippen molar-refractivity contribution in [1.82, 2.24) is 15.5 Å². The van der Waals surface area contributed by atoms with Gasteiger partial charge in [-0.15, -0.1) is 0 Å². The van der Waals surface area contributed by atoms with Crippen molar-refractivity contribution < 1.29 is 14.6 Å². The van der Waals surface area contributed by atoms with Gasteiger partial charge in [0.15, 0.2) is 5.96 Å². The molecule has 0 radical (unpaired) electrons. The number of ether oxygens (including phenoxy) is 2. The Kier molecular flexibility index (Phi) is 9.43. The Morgan fingerprint density at radius 2 is 2.03 bits per heavy atom. The van der Waals surface area contributed by atoms with Crippen molar-refractivity contribution in [2.75, 3.05) is 59.7 Å². The van der Waals surface area contributed by atoms with Crippen LogP contribution >= 0.6 is 0 Å². The van der Waals surface area contributed by atoms with Crippen molar-refractivity contribution in [2.24, 2.45) is 16.3 Å². The Bertz CT molecular complexity index is 666. The van der Waals surface area contributed by atoms with E-state index in [0.29, 0.717) is 19.1 Å². The number of piperidine rings is 1. The summed E-state index contributed by atoms with van der Waals surface area (Å²) in [7, 11) is 1.70. The van der Waals surface area contributed by atoms with Crippen LogP contribution in [0.1, 0.15) is 38.2 Å². The summed E-state index contributed by atoms with van der Waals surface area (Å²) >= 11 is 0. The van der Waals surface area contributed by atoms with Gasteiger partial charge < -0.3 is 25.2 Å². The molecular weight excluding hydrogens is 392 g/mol. The van der Waals surface area contributed by atoms with Gasteiger partial charge in [-0.3, -0.25) is 9.89 Å². The van der Waals surface area contributed by atoms with Gasteiger partial charge in [0, 0.05) is 38.3 Å². The molecule has 7 nitrogen and oxygen atoms in total. The average molecular weight is 433 g/mol. The van der Waals surface area contributed by atoms with Crippen molar-refractivity contribution in [3.8, 4) is 5.75 Å². The number of hydrogen-bond acceptors (Lipinski definition) is 5. The van der Waals surface area contributed by atoms with Crippen LogP contribution in [-0.2, 0) is 11.3 Å². The van der Waals surface area contributed by atoms with Gasteiger partial charge in [-0.2, -0.15) is 0 Å². The molecule has 0 aliphatic carbocycles. The van der Waals surface area contributed by atoms with Crippen LogP contribution in [0.2, 0.25) is 0 Å². The average Bonchev–Trinajstić information content (AvgIpc) is 3.26. The zero-order valence-corrected chi connectivity index (χ0v) is 19.2. The lowest BCUT2D eigenvalue weighted by Crippen LogP contribution is -2.43. The molecule has 3 rings (SSSR count). The molecule has 2 aliphatic rings. The van der Waals surface area contributed by atoms with E-state index < -0.39 is 0 Å². The molecule has 0 bridgehead atoms. The topological polar surface area (TPSA) is 78.4 Å². The highest BCUT2D eigenvalue weighted by atomic mass is 16.5. The fraction of sp³-hybridized carbons (Fsp3) is 0.708. The van der Waals surface area contributed by atoms with E-state index in [-0.39, 0.29) is 12.0 Å². The summed E-state index contributed by atoms with van der Waals surface area (Å²) in [6, 6.07) is 8.39. The van der Waals surface area contributed by atoms with Crippen molar-refractivity contribution >= 4 is 5.96 Å². The molecule has 2 saturated heterocycles. The van der Waals surface area contributed by atoms with Crippen molar-refractivity contribution in [2.45, 2.75) is 39.2 Å².